The van der Waals surface area contributed by atoms with Crippen LogP contribution in [0.3, 0.4) is 0 Å². The lowest BCUT2D eigenvalue weighted by Crippen LogP contribution is -1.98. The Balaban J connectivity index is 1.81. The summed E-state index contributed by atoms with van der Waals surface area (Å²) in [5, 5.41) is 4.51. The van der Waals surface area contributed by atoms with Crippen molar-refractivity contribution in [3.05, 3.63) is 58.1 Å². The molecule has 0 saturated carbocycles. The molecule has 6 heteroatoms. The minimum Gasteiger partial charge on any atom is -0.379 e. The van der Waals surface area contributed by atoms with Gasteiger partial charge in [-0.05, 0) is 36.4 Å². The molecule has 102 valence electrons. The molecule has 3 aromatic rings. The van der Waals surface area contributed by atoms with Crippen molar-refractivity contribution >= 4 is 38.8 Å². The van der Waals surface area contributed by atoms with Crippen LogP contribution in [0.25, 0.3) is 10.2 Å². The molecule has 1 N–H and O–H groups in total. The van der Waals surface area contributed by atoms with Gasteiger partial charge in [-0.1, -0.05) is 11.6 Å². The zero-order chi connectivity index (χ0) is 14.1. The van der Waals surface area contributed by atoms with Gasteiger partial charge in [0.1, 0.15) is 5.01 Å². The Morgan fingerprint density at radius 3 is 2.60 bits per heavy atom. The highest BCUT2D eigenvalue weighted by Crippen LogP contribution is 2.27. The van der Waals surface area contributed by atoms with E-state index in [1.54, 1.807) is 12.1 Å². The number of fused-ring (bicyclic) bond motifs is 1. The fraction of sp³-hybridized carbons (Fsp3) is 0.0714. The van der Waals surface area contributed by atoms with Gasteiger partial charge in [0.15, 0.2) is 11.6 Å². The Morgan fingerprint density at radius 1 is 1.10 bits per heavy atom. The quantitative estimate of drug-likeness (QED) is 0.748. The van der Waals surface area contributed by atoms with Crippen LogP contribution in [0.5, 0.6) is 0 Å². The maximum atomic E-state index is 13.6. The van der Waals surface area contributed by atoms with Crippen LogP contribution >= 0.6 is 22.9 Å². The lowest BCUT2D eigenvalue weighted by molar-refractivity contribution is 0.518. The Bertz CT molecular complexity index is 756. The van der Waals surface area contributed by atoms with Crippen molar-refractivity contribution in [3.63, 3.8) is 0 Å². The molecule has 0 amide bonds. The van der Waals surface area contributed by atoms with Crippen LogP contribution in [-0.4, -0.2) is 4.98 Å². The van der Waals surface area contributed by atoms with Gasteiger partial charge in [0.2, 0.25) is 0 Å². The SMILES string of the molecule is Fc1ccc2nc(CNc3ccc(Cl)cc3)sc2c1F. The molecule has 0 fully saturated rings. The first kappa shape index (κ1) is 13.3. The second-order valence-corrected chi connectivity index (χ2v) is 5.70. The molecule has 0 unspecified atom stereocenters. The summed E-state index contributed by atoms with van der Waals surface area (Å²) in [5.41, 5.74) is 1.36. The highest BCUT2D eigenvalue weighted by Gasteiger charge is 2.12. The number of thiazole rings is 1. The van der Waals surface area contributed by atoms with Crippen molar-refractivity contribution < 1.29 is 8.78 Å². The molecule has 0 spiro atoms. The molecule has 0 aliphatic rings. The van der Waals surface area contributed by atoms with E-state index in [0.717, 1.165) is 23.1 Å². The zero-order valence-electron chi connectivity index (χ0n) is 10.2. The highest BCUT2D eigenvalue weighted by atomic mass is 35.5. The topological polar surface area (TPSA) is 24.9 Å². The number of aromatic nitrogens is 1. The smallest absolute Gasteiger partial charge is 0.178 e. The molecule has 1 heterocycles. The first-order chi connectivity index (χ1) is 9.63. The van der Waals surface area contributed by atoms with Gasteiger partial charge in [-0.2, -0.15) is 0 Å². The molecule has 2 aromatic carbocycles. The summed E-state index contributed by atoms with van der Waals surface area (Å²) < 4.78 is 26.9. The second kappa shape index (κ2) is 5.34. The summed E-state index contributed by atoms with van der Waals surface area (Å²) in [6.07, 6.45) is 0. The number of halogens is 3. The van der Waals surface area contributed by atoms with E-state index in [4.69, 9.17) is 11.6 Å². The summed E-state index contributed by atoms with van der Waals surface area (Å²) in [7, 11) is 0. The third kappa shape index (κ3) is 2.59. The fourth-order valence-electron chi connectivity index (χ4n) is 1.80. The van der Waals surface area contributed by atoms with E-state index in [1.165, 1.54) is 6.07 Å². The number of hydrogen-bond donors (Lipinski definition) is 1. The minimum atomic E-state index is -0.849. The van der Waals surface area contributed by atoms with Gasteiger partial charge in [-0.15, -0.1) is 11.3 Å². The first-order valence-corrected chi connectivity index (χ1v) is 7.06. The van der Waals surface area contributed by atoms with E-state index in [0.29, 0.717) is 22.1 Å². The highest BCUT2D eigenvalue weighted by molar-refractivity contribution is 7.18. The average Bonchev–Trinajstić information content (AvgIpc) is 2.86. The molecule has 0 aliphatic heterocycles. The number of hydrogen-bond acceptors (Lipinski definition) is 3. The van der Waals surface area contributed by atoms with E-state index in [1.807, 2.05) is 12.1 Å². The number of nitrogens with one attached hydrogen (secondary N) is 1. The summed E-state index contributed by atoms with van der Waals surface area (Å²) in [4.78, 5) is 4.27. The molecular formula is C14H9ClF2N2S. The van der Waals surface area contributed by atoms with Crippen molar-refractivity contribution in [2.75, 3.05) is 5.32 Å². The molecule has 0 saturated heterocycles. The van der Waals surface area contributed by atoms with Crippen LogP contribution in [0.2, 0.25) is 5.02 Å². The monoisotopic (exact) mass is 310 g/mol. The van der Waals surface area contributed by atoms with Crippen LogP contribution < -0.4 is 5.32 Å². The van der Waals surface area contributed by atoms with Gasteiger partial charge in [-0.25, -0.2) is 13.8 Å². The largest absolute Gasteiger partial charge is 0.379 e. The van der Waals surface area contributed by atoms with Crippen molar-refractivity contribution in [1.29, 1.82) is 0 Å². The maximum absolute atomic E-state index is 13.6. The van der Waals surface area contributed by atoms with Crippen molar-refractivity contribution in [1.82, 2.24) is 4.98 Å². The van der Waals surface area contributed by atoms with Gasteiger partial charge in [0.25, 0.3) is 0 Å². The Morgan fingerprint density at radius 2 is 1.85 bits per heavy atom. The van der Waals surface area contributed by atoms with Crippen LogP contribution in [0.4, 0.5) is 14.5 Å². The predicted octanol–water partition coefficient (Wildman–Crippen LogP) is 4.84. The summed E-state index contributed by atoms with van der Waals surface area (Å²) in [5.74, 6) is -1.68. The van der Waals surface area contributed by atoms with E-state index in [9.17, 15) is 8.78 Å². The minimum absolute atomic E-state index is 0.248. The average molecular weight is 311 g/mol. The van der Waals surface area contributed by atoms with E-state index in [-0.39, 0.29) is 4.70 Å². The molecule has 20 heavy (non-hydrogen) atoms. The second-order valence-electron chi connectivity index (χ2n) is 4.18. The Kier molecular flexibility index (Phi) is 3.54. The molecule has 3 rings (SSSR count). The molecule has 0 bridgehead atoms. The fourth-order valence-corrected chi connectivity index (χ4v) is 2.86. The van der Waals surface area contributed by atoms with Gasteiger partial charge in [0, 0.05) is 10.7 Å². The lowest BCUT2D eigenvalue weighted by Gasteiger charge is -2.03. The molecule has 2 nitrogen and oxygen atoms in total. The molecule has 0 radical (unpaired) electrons. The van der Waals surface area contributed by atoms with Crippen molar-refractivity contribution in [3.8, 4) is 0 Å². The number of nitrogens with zero attached hydrogens (tertiary/aromatic N) is 1. The normalized spacial score (nSPS) is 10.9. The predicted molar refractivity (Wildman–Crippen MR) is 78.3 cm³/mol. The number of rotatable bonds is 3. The summed E-state index contributed by atoms with van der Waals surface area (Å²) in [6.45, 7) is 0.446. The van der Waals surface area contributed by atoms with E-state index < -0.39 is 11.6 Å². The molecule has 0 aliphatic carbocycles. The Labute approximate surface area is 123 Å². The summed E-state index contributed by atoms with van der Waals surface area (Å²) >= 11 is 6.95. The number of anilines is 1. The van der Waals surface area contributed by atoms with E-state index in [2.05, 4.69) is 10.3 Å². The molecule has 1 aromatic heterocycles. The first-order valence-electron chi connectivity index (χ1n) is 5.86. The molecular weight excluding hydrogens is 302 g/mol. The lowest BCUT2D eigenvalue weighted by atomic mass is 10.3. The van der Waals surface area contributed by atoms with Crippen LogP contribution in [-0.2, 0) is 6.54 Å². The van der Waals surface area contributed by atoms with Crippen molar-refractivity contribution in [2.24, 2.45) is 0 Å². The third-order valence-corrected chi connectivity index (χ3v) is 4.10. The van der Waals surface area contributed by atoms with Crippen LogP contribution in [0, 0.1) is 11.6 Å². The van der Waals surface area contributed by atoms with Crippen LogP contribution in [0.1, 0.15) is 5.01 Å². The summed E-state index contributed by atoms with van der Waals surface area (Å²) in [6, 6.07) is 9.81. The van der Waals surface area contributed by atoms with Gasteiger partial charge < -0.3 is 5.32 Å². The third-order valence-electron chi connectivity index (χ3n) is 2.78. The molecule has 0 atom stereocenters. The van der Waals surface area contributed by atoms with Gasteiger partial charge in [0.05, 0.1) is 16.8 Å². The van der Waals surface area contributed by atoms with Crippen LogP contribution in [0.15, 0.2) is 36.4 Å². The van der Waals surface area contributed by atoms with E-state index >= 15 is 0 Å². The van der Waals surface area contributed by atoms with Gasteiger partial charge in [-0.3, -0.25) is 0 Å². The maximum Gasteiger partial charge on any atom is 0.178 e. The van der Waals surface area contributed by atoms with Crippen molar-refractivity contribution in [2.45, 2.75) is 6.54 Å². The Hall–Kier alpha value is -1.72. The number of benzene rings is 2. The van der Waals surface area contributed by atoms with Gasteiger partial charge >= 0.3 is 0 Å². The zero-order valence-corrected chi connectivity index (χ0v) is 11.7. The standard InChI is InChI=1S/C14H9ClF2N2S/c15-8-1-3-9(4-2-8)18-7-12-19-11-6-5-10(16)13(17)14(11)20-12/h1-6,18H,7H2.